The van der Waals surface area contributed by atoms with Crippen LogP contribution in [0.3, 0.4) is 0 Å². The highest BCUT2D eigenvalue weighted by Gasteiger charge is 2.72. The molecule has 0 radical (unpaired) electrons. The Morgan fingerprint density at radius 2 is 1.93 bits per heavy atom. The van der Waals surface area contributed by atoms with E-state index in [0.717, 1.165) is 12.8 Å². The van der Waals surface area contributed by atoms with Crippen molar-refractivity contribution in [3.8, 4) is 0 Å². The fourth-order valence-electron chi connectivity index (χ4n) is 7.64. The topological polar surface area (TPSA) is 130 Å². The van der Waals surface area contributed by atoms with E-state index < -0.39 is 59.0 Å². The summed E-state index contributed by atoms with van der Waals surface area (Å²) in [6, 6.07) is 3.35. The zero-order chi connectivity index (χ0) is 31.0. The van der Waals surface area contributed by atoms with Crippen LogP contribution < -0.4 is 5.73 Å². The first-order valence-electron chi connectivity index (χ1n) is 15.0. The number of amides is 3. The monoisotopic (exact) mass is 614 g/mol. The van der Waals surface area contributed by atoms with Gasteiger partial charge < -0.3 is 20.3 Å². The molecule has 0 bridgehead atoms. The number of nitrogens with zero attached hydrogens (tertiary/aromatic N) is 3. The number of carbonyl (C=O) groups excluding carboxylic acids is 5. The summed E-state index contributed by atoms with van der Waals surface area (Å²) in [4.78, 5) is 72.5. The number of ketones is 1. The maximum atomic E-state index is 14.2. The van der Waals surface area contributed by atoms with Crippen molar-refractivity contribution < 1.29 is 33.1 Å². The van der Waals surface area contributed by atoms with E-state index >= 15 is 0 Å². The Hall–Kier alpha value is -3.31. The van der Waals surface area contributed by atoms with Gasteiger partial charge in [-0.3, -0.25) is 28.9 Å². The second kappa shape index (κ2) is 10.7. The van der Waals surface area contributed by atoms with E-state index in [9.17, 15) is 28.4 Å². The third kappa shape index (κ3) is 4.75. The largest absolute Gasteiger partial charge is 0.460 e. The van der Waals surface area contributed by atoms with Crippen molar-refractivity contribution in [3.05, 3.63) is 45.9 Å². The molecule has 3 aliphatic heterocycles. The molecule has 2 saturated heterocycles. The van der Waals surface area contributed by atoms with E-state index in [1.54, 1.807) is 11.8 Å². The Bertz CT molecular complexity index is 1460. The maximum absolute atomic E-state index is 14.2. The van der Waals surface area contributed by atoms with Crippen LogP contribution in [0.5, 0.6) is 0 Å². The number of rotatable bonds is 8. The van der Waals surface area contributed by atoms with Crippen molar-refractivity contribution in [1.29, 1.82) is 0 Å². The summed E-state index contributed by atoms with van der Waals surface area (Å²) >= 11 is 5.92. The van der Waals surface area contributed by atoms with Gasteiger partial charge >= 0.3 is 5.97 Å². The number of nitrogens with two attached hydrogens (primary N) is 1. The van der Waals surface area contributed by atoms with E-state index in [1.165, 1.54) is 28.0 Å². The van der Waals surface area contributed by atoms with Crippen LogP contribution in [0.15, 0.2) is 29.5 Å². The lowest BCUT2D eigenvalue weighted by atomic mass is 9.81. The van der Waals surface area contributed by atoms with Gasteiger partial charge in [0.15, 0.2) is 0 Å². The number of fused-ring (bicyclic) bond motifs is 5. The first kappa shape index (κ1) is 29.7. The molecule has 12 heteroatoms. The molecule has 43 heavy (non-hydrogen) atoms. The zero-order valence-electron chi connectivity index (χ0n) is 24.5. The fourth-order valence-corrected chi connectivity index (χ4v) is 7.85. The van der Waals surface area contributed by atoms with Gasteiger partial charge in [0.1, 0.15) is 35.2 Å². The second-order valence-electron chi connectivity index (χ2n) is 13.0. The molecule has 6 atom stereocenters. The first-order chi connectivity index (χ1) is 20.3. The Morgan fingerprint density at radius 1 is 1.19 bits per heavy atom. The number of piperidine rings is 1. The second-order valence-corrected chi connectivity index (χ2v) is 13.4. The average molecular weight is 615 g/mol. The molecular weight excluding hydrogens is 579 g/mol. The van der Waals surface area contributed by atoms with Crippen LogP contribution in [-0.2, 0) is 35.3 Å². The summed E-state index contributed by atoms with van der Waals surface area (Å²) in [6.07, 6.45) is 2.13. The molecule has 1 aromatic carbocycles. The lowest BCUT2D eigenvalue weighted by molar-refractivity contribution is -0.160. The third-order valence-corrected chi connectivity index (χ3v) is 9.90. The summed E-state index contributed by atoms with van der Waals surface area (Å²) in [5.41, 5.74) is 6.07. The van der Waals surface area contributed by atoms with Crippen molar-refractivity contribution in [1.82, 2.24) is 14.7 Å². The molecule has 1 aromatic rings. The molecule has 1 unspecified atom stereocenters. The van der Waals surface area contributed by atoms with E-state index in [0.29, 0.717) is 29.9 Å². The predicted octanol–water partition coefficient (Wildman–Crippen LogP) is 2.77. The minimum Gasteiger partial charge on any atom is -0.460 e. The first-order valence-corrected chi connectivity index (χ1v) is 15.3. The van der Waals surface area contributed by atoms with Crippen LogP contribution in [0.1, 0.15) is 58.4 Å². The molecule has 230 valence electrons. The Labute approximate surface area is 254 Å². The van der Waals surface area contributed by atoms with Gasteiger partial charge in [0.05, 0.1) is 11.6 Å². The molecule has 1 spiro atoms. The molecule has 5 aliphatic rings. The van der Waals surface area contributed by atoms with Gasteiger partial charge in [-0.15, -0.1) is 0 Å². The normalized spacial score (nSPS) is 29.4. The number of benzene rings is 1. The smallest absolute Gasteiger partial charge is 0.323 e. The number of Topliss-reactive ketones (excluding diaryl/α,β-unsaturated/α-hetero) is 1. The summed E-state index contributed by atoms with van der Waals surface area (Å²) in [5, 5.41) is -0.0805. The van der Waals surface area contributed by atoms with E-state index in [1.807, 2.05) is 13.8 Å². The van der Waals surface area contributed by atoms with Gasteiger partial charge in [-0.1, -0.05) is 31.5 Å². The fraction of sp³-hybridized carbons (Fsp3) is 0.581. The molecule has 2 aliphatic carbocycles. The summed E-state index contributed by atoms with van der Waals surface area (Å²) in [5.74, 6) is -4.65. The lowest BCUT2D eigenvalue weighted by Gasteiger charge is -2.45. The van der Waals surface area contributed by atoms with Crippen LogP contribution >= 0.6 is 11.6 Å². The molecule has 0 aromatic heterocycles. The molecular formula is C31H36ClFN4O6. The summed E-state index contributed by atoms with van der Waals surface area (Å²) in [6.45, 7) is 5.94. The average Bonchev–Trinajstić information content (AvgIpc) is 3.59. The quantitative estimate of drug-likeness (QED) is 0.271. The predicted molar refractivity (Wildman–Crippen MR) is 152 cm³/mol. The number of carbonyl (C=O) groups is 5. The molecule has 3 amide bonds. The van der Waals surface area contributed by atoms with Gasteiger partial charge in [-0.25, -0.2) is 4.39 Å². The summed E-state index contributed by atoms with van der Waals surface area (Å²) < 4.78 is 19.3. The number of likely N-dealkylation sites (tertiary alicyclic amines) is 1. The van der Waals surface area contributed by atoms with Gasteiger partial charge in [0.2, 0.25) is 11.7 Å². The van der Waals surface area contributed by atoms with Gasteiger partial charge in [0, 0.05) is 19.0 Å². The van der Waals surface area contributed by atoms with Crippen LogP contribution in [0, 0.1) is 29.5 Å². The van der Waals surface area contributed by atoms with Gasteiger partial charge in [0.25, 0.3) is 11.8 Å². The highest BCUT2D eigenvalue weighted by molar-refractivity contribution is 6.44. The van der Waals surface area contributed by atoms with E-state index in [2.05, 4.69) is 0 Å². The van der Waals surface area contributed by atoms with Crippen molar-refractivity contribution in [2.45, 2.75) is 77.2 Å². The number of hydrogen-bond acceptors (Lipinski definition) is 7. The maximum Gasteiger partial charge on any atom is 0.323 e. The number of esters is 1. The number of hydrogen-bond donors (Lipinski definition) is 1. The van der Waals surface area contributed by atoms with E-state index in [-0.39, 0.29) is 48.6 Å². The standard InChI is InChI=1S/C31H36ClFN4O6/c1-15(2)10-23(34)30(42)43-16(3)13-36-28(40)25-19-7-9-35(14-17-4-5-22(33)21(32)11-17)27(39)24(19)26(38)29(41)37(25)31(36)8-6-18-12-20(18)31/h4-5,11,15-16,18,20,23-24H,6-10,12-14,34H2,1-3H3/t16-,18-,20+,23-,24?,31+/m0/s1. The van der Waals surface area contributed by atoms with Crippen LogP contribution in [0.2, 0.25) is 5.02 Å². The zero-order valence-corrected chi connectivity index (χ0v) is 25.2. The number of ether oxygens (including phenoxy) is 1. The highest BCUT2D eigenvalue weighted by Crippen LogP contribution is 2.64. The molecule has 3 heterocycles. The van der Waals surface area contributed by atoms with Crippen molar-refractivity contribution in [2.24, 2.45) is 29.4 Å². The lowest BCUT2D eigenvalue weighted by Crippen LogP contribution is -2.61. The SMILES string of the molecule is CC(C)C[C@H](N)C(=O)O[C@@H](C)CN1C(=O)C2=C3CCN(Cc4ccc(F)c(Cl)c4)C(=O)C3C(=O)C(=O)N2[C@@]12CC[C@H]1C[C@H]12. The van der Waals surface area contributed by atoms with Crippen molar-refractivity contribution in [2.75, 3.05) is 13.1 Å². The molecule has 4 fully saturated rings. The molecule has 2 N–H and O–H groups in total. The highest BCUT2D eigenvalue weighted by atomic mass is 35.5. The Morgan fingerprint density at radius 3 is 2.56 bits per heavy atom. The van der Waals surface area contributed by atoms with Crippen LogP contribution in [0.25, 0.3) is 0 Å². The number of halogens is 2. The minimum atomic E-state index is -1.38. The Balaban J connectivity index is 1.30. The molecule has 6 rings (SSSR count). The molecule has 2 saturated carbocycles. The Kier molecular flexibility index (Phi) is 7.40. The van der Waals surface area contributed by atoms with Crippen molar-refractivity contribution >= 4 is 41.1 Å². The minimum absolute atomic E-state index is 0.00737. The van der Waals surface area contributed by atoms with Crippen molar-refractivity contribution in [3.63, 3.8) is 0 Å². The van der Waals surface area contributed by atoms with Crippen LogP contribution in [0.4, 0.5) is 4.39 Å². The third-order valence-electron chi connectivity index (χ3n) is 9.61. The van der Waals surface area contributed by atoms with Gasteiger partial charge in [-0.2, -0.15) is 0 Å². The van der Waals surface area contributed by atoms with Gasteiger partial charge in [-0.05, 0) is 74.1 Å². The van der Waals surface area contributed by atoms with Crippen LogP contribution in [-0.4, -0.2) is 75.1 Å². The molecule has 10 nitrogen and oxygen atoms in total. The van der Waals surface area contributed by atoms with E-state index in [4.69, 9.17) is 22.1 Å². The summed E-state index contributed by atoms with van der Waals surface area (Å²) in [7, 11) is 0.